The molecule has 1 N–H and O–H groups in total. The number of anilines is 1. The second-order valence-electron chi connectivity index (χ2n) is 6.01. The molecule has 1 aromatic heterocycles. The van der Waals surface area contributed by atoms with Gasteiger partial charge in [0.1, 0.15) is 0 Å². The first-order chi connectivity index (χ1) is 8.15. The van der Waals surface area contributed by atoms with Crippen molar-refractivity contribution < 1.29 is 0 Å². The van der Waals surface area contributed by atoms with Gasteiger partial charge in [0.15, 0.2) is 0 Å². The molecular formula is C14H23N3. The molecule has 0 bridgehead atoms. The van der Waals surface area contributed by atoms with Gasteiger partial charge >= 0.3 is 0 Å². The lowest BCUT2D eigenvalue weighted by molar-refractivity contribution is 0.355. The average molecular weight is 233 g/mol. The Morgan fingerprint density at radius 3 is 2.59 bits per heavy atom. The van der Waals surface area contributed by atoms with Crippen molar-refractivity contribution in [3.05, 3.63) is 11.9 Å². The van der Waals surface area contributed by atoms with Crippen LogP contribution in [-0.2, 0) is 0 Å². The lowest BCUT2D eigenvalue weighted by Crippen LogP contribution is -2.17. The summed E-state index contributed by atoms with van der Waals surface area (Å²) in [5.74, 6) is 2.72. The Balaban J connectivity index is 1.85. The fourth-order valence-electron chi connectivity index (χ4n) is 3.02. The van der Waals surface area contributed by atoms with Crippen LogP contribution in [-0.4, -0.2) is 15.6 Å². The Bertz CT molecular complexity index is 406. The van der Waals surface area contributed by atoms with E-state index in [4.69, 9.17) is 0 Å². The number of aromatic nitrogens is 2. The second-order valence-corrected chi connectivity index (χ2v) is 6.01. The van der Waals surface area contributed by atoms with Gasteiger partial charge in [-0.3, -0.25) is 0 Å². The molecule has 1 aromatic rings. The SMILES string of the molecule is Cc1cn(C2CCC(C)C2C)c(NC2CC2)n1. The molecule has 2 aliphatic rings. The van der Waals surface area contributed by atoms with Crippen molar-refractivity contribution in [2.45, 2.75) is 58.5 Å². The molecule has 0 radical (unpaired) electrons. The first-order valence-electron chi connectivity index (χ1n) is 6.97. The van der Waals surface area contributed by atoms with Crippen LogP contribution in [0.2, 0.25) is 0 Å². The Hall–Kier alpha value is -0.990. The molecule has 1 heterocycles. The highest BCUT2D eigenvalue weighted by Gasteiger charge is 2.33. The minimum Gasteiger partial charge on any atom is -0.353 e. The van der Waals surface area contributed by atoms with Crippen LogP contribution in [0, 0.1) is 18.8 Å². The van der Waals surface area contributed by atoms with Gasteiger partial charge in [-0.05, 0) is 44.4 Å². The van der Waals surface area contributed by atoms with Gasteiger partial charge in [0, 0.05) is 18.3 Å². The molecular weight excluding hydrogens is 210 g/mol. The van der Waals surface area contributed by atoms with Crippen LogP contribution in [0.1, 0.15) is 51.3 Å². The molecule has 3 unspecified atom stereocenters. The zero-order chi connectivity index (χ0) is 12.0. The van der Waals surface area contributed by atoms with E-state index >= 15 is 0 Å². The lowest BCUT2D eigenvalue weighted by atomic mass is 9.98. The number of nitrogens with one attached hydrogen (secondary N) is 1. The fraction of sp³-hybridized carbons (Fsp3) is 0.786. The van der Waals surface area contributed by atoms with Crippen LogP contribution >= 0.6 is 0 Å². The Morgan fingerprint density at radius 1 is 1.24 bits per heavy atom. The number of aryl methyl sites for hydroxylation is 1. The highest BCUT2D eigenvalue weighted by molar-refractivity contribution is 5.33. The maximum Gasteiger partial charge on any atom is 0.203 e. The Labute approximate surface area is 104 Å². The predicted octanol–water partition coefficient (Wildman–Crippen LogP) is 3.37. The summed E-state index contributed by atoms with van der Waals surface area (Å²) in [6, 6.07) is 1.33. The van der Waals surface area contributed by atoms with Gasteiger partial charge < -0.3 is 9.88 Å². The van der Waals surface area contributed by atoms with Gasteiger partial charge in [-0.2, -0.15) is 0 Å². The molecule has 94 valence electrons. The van der Waals surface area contributed by atoms with E-state index in [1.54, 1.807) is 0 Å². The molecule has 3 heteroatoms. The monoisotopic (exact) mass is 233 g/mol. The van der Waals surface area contributed by atoms with Gasteiger partial charge in [-0.1, -0.05) is 13.8 Å². The standard InChI is InChI=1S/C14H23N3/c1-9-4-7-13(11(9)3)17-8-10(2)15-14(17)16-12-5-6-12/h8-9,11-13H,4-7H2,1-3H3,(H,15,16). The number of nitrogens with zero attached hydrogens (tertiary/aromatic N) is 2. The maximum atomic E-state index is 4.65. The van der Waals surface area contributed by atoms with Gasteiger partial charge in [0.2, 0.25) is 5.95 Å². The number of imidazole rings is 1. The van der Waals surface area contributed by atoms with Crippen molar-refractivity contribution >= 4 is 5.95 Å². The molecule has 0 saturated heterocycles. The fourth-order valence-corrected chi connectivity index (χ4v) is 3.02. The zero-order valence-electron chi connectivity index (χ0n) is 11.1. The van der Waals surface area contributed by atoms with E-state index in [0.29, 0.717) is 12.1 Å². The van der Waals surface area contributed by atoms with Gasteiger partial charge in [0.25, 0.3) is 0 Å². The largest absolute Gasteiger partial charge is 0.353 e. The first kappa shape index (κ1) is 11.1. The quantitative estimate of drug-likeness (QED) is 0.867. The van der Waals surface area contributed by atoms with E-state index in [1.807, 2.05) is 0 Å². The third-order valence-corrected chi connectivity index (χ3v) is 4.54. The summed E-state index contributed by atoms with van der Waals surface area (Å²) >= 11 is 0. The molecule has 0 amide bonds. The third-order valence-electron chi connectivity index (χ3n) is 4.54. The molecule has 0 spiro atoms. The molecule has 0 aromatic carbocycles. The summed E-state index contributed by atoms with van der Waals surface area (Å²) in [6.07, 6.45) is 7.50. The number of rotatable bonds is 3. The summed E-state index contributed by atoms with van der Waals surface area (Å²) < 4.78 is 2.40. The second kappa shape index (κ2) is 4.04. The summed E-state index contributed by atoms with van der Waals surface area (Å²) in [6.45, 7) is 6.86. The average Bonchev–Trinajstić information content (AvgIpc) is 2.94. The molecule has 3 rings (SSSR count). The minimum atomic E-state index is 0.646. The zero-order valence-corrected chi connectivity index (χ0v) is 11.1. The lowest BCUT2D eigenvalue weighted by Gasteiger charge is -2.22. The van der Waals surface area contributed by atoms with E-state index in [1.165, 1.54) is 25.7 Å². The van der Waals surface area contributed by atoms with Crippen molar-refractivity contribution in [1.29, 1.82) is 0 Å². The van der Waals surface area contributed by atoms with Crippen LogP contribution in [0.25, 0.3) is 0 Å². The Kier molecular flexibility index (Phi) is 2.64. The van der Waals surface area contributed by atoms with E-state index < -0.39 is 0 Å². The maximum absolute atomic E-state index is 4.65. The van der Waals surface area contributed by atoms with E-state index in [-0.39, 0.29) is 0 Å². The predicted molar refractivity (Wildman–Crippen MR) is 70.2 cm³/mol. The normalized spacial score (nSPS) is 33.0. The third kappa shape index (κ3) is 2.07. The minimum absolute atomic E-state index is 0.646. The van der Waals surface area contributed by atoms with Crippen molar-refractivity contribution in [2.75, 3.05) is 5.32 Å². The molecule has 0 aliphatic heterocycles. The van der Waals surface area contributed by atoms with Crippen LogP contribution in [0.5, 0.6) is 0 Å². The van der Waals surface area contributed by atoms with Crippen molar-refractivity contribution in [2.24, 2.45) is 11.8 Å². The van der Waals surface area contributed by atoms with Crippen LogP contribution < -0.4 is 5.32 Å². The summed E-state index contributed by atoms with van der Waals surface area (Å²) in [7, 11) is 0. The highest BCUT2D eigenvalue weighted by atomic mass is 15.2. The highest BCUT2D eigenvalue weighted by Crippen LogP contribution is 2.41. The summed E-state index contributed by atoms with van der Waals surface area (Å²) in [4.78, 5) is 4.65. The van der Waals surface area contributed by atoms with Gasteiger partial charge in [0.05, 0.1) is 5.69 Å². The molecule has 2 saturated carbocycles. The van der Waals surface area contributed by atoms with Crippen LogP contribution in [0.4, 0.5) is 5.95 Å². The summed E-state index contributed by atoms with van der Waals surface area (Å²) in [5.41, 5.74) is 1.14. The van der Waals surface area contributed by atoms with E-state index in [2.05, 4.69) is 41.8 Å². The molecule has 3 nitrogen and oxygen atoms in total. The van der Waals surface area contributed by atoms with Crippen molar-refractivity contribution in [1.82, 2.24) is 9.55 Å². The topological polar surface area (TPSA) is 29.9 Å². The van der Waals surface area contributed by atoms with E-state index in [9.17, 15) is 0 Å². The van der Waals surface area contributed by atoms with Gasteiger partial charge in [-0.15, -0.1) is 0 Å². The molecule has 3 atom stereocenters. The molecule has 2 fully saturated rings. The van der Waals surface area contributed by atoms with Crippen LogP contribution in [0.3, 0.4) is 0 Å². The van der Waals surface area contributed by atoms with Crippen LogP contribution in [0.15, 0.2) is 6.20 Å². The molecule has 17 heavy (non-hydrogen) atoms. The van der Waals surface area contributed by atoms with E-state index in [0.717, 1.165) is 23.5 Å². The summed E-state index contributed by atoms with van der Waals surface area (Å²) in [5, 5.41) is 3.57. The van der Waals surface area contributed by atoms with Gasteiger partial charge in [-0.25, -0.2) is 4.98 Å². The molecule has 2 aliphatic carbocycles. The first-order valence-corrected chi connectivity index (χ1v) is 6.97. The Morgan fingerprint density at radius 2 is 2.00 bits per heavy atom. The smallest absolute Gasteiger partial charge is 0.203 e. The van der Waals surface area contributed by atoms with Crippen molar-refractivity contribution in [3.63, 3.8) is 0 Å². The number of hydrogen-bond acceptors (Lipinski definition) is 2. The number of hydrogen-bond donors (Lipinski definition) is 1. The van der Waals surface area contributed by atoms with Crippen molar-refractivity contribution in [3.8, 4) is 0 Å².